The van der Waals surface area contributed by atoms with Crippen LogP contribution in [-0.2, 0) is 23.5 Å². The average molecular weight is 547 g/mol. The topological polar surface area (TPSA) is 69.7 Å². The zero-order chi connectivity index (χ0) is 28.6. The van der Waals surface area contributed by atoms with Crippen molar-refractivity contribution in [3.8, 4) is 0 Å². The van der Waals surface area contributed by atoms with Gasteiger partial charge in [0.25, 0.3) is 0 Å². The van der Waals surface area contributed by atoms with Crippen LogP contribution in [0.5, 0.6) is 0 Å². The van der Waals surface area contributed by atoms with E-state index in [0.29, 0.717) is 6.42 Å². The van der Waals surface area contributed by atoms with Gasteiger partial charge in [-0.3, -0.25) is 14.4 Å². The van der Waals surface area contributed by atoms with Crippen LogP contribution in [0.3, 0.4) is 0 Å². The summed E-state index contributed by atoms with van der Waals surface area (Å²) in [5, 5.41) is 0. The lowest BCUT2D eigenvalue weighted by molar-refractivity contribution is -0.158. The third-order valence-electron chi connectivity index (χ3n) is 7.76. The molecule has 0 radical (unpaired) electrons. The molecule has 0 amide bonds. The fourth-order valence-corrected chi connectivity index (χ4v) is 7.91. The number of alkyl halides is 3. The second kappa shape index (κ2) is 13.9. The van der Waals surface area contributed by atoms with Crippen molar-refractivity contribution in [1.29, 1.82) is 0 Å². The first-order valence-corrected chi connectivity index (χ1v) is 15.9. The van der Waals surface area contributed by atoms with E-state index in [-0.39, 0.29) is 31.0 Å². The number of carbonyl (C=O) groups is 3. The van der Waals surface area contributed by atoms with E-state index in [0.717, 1.165) is 24.2 Å². The molecule has 0 aromatic heterocycles. The van der Waals surface area contributed by atoms with Gasteiger partial charge in [0.2, 0.25) is 0 Å². The van der Waals surface area contributed by atoms with Crippen LogP contribution >= 0.6 is 0 Å². The zero-order valence-electron chi connectivity index (χ0n) is 23.7. The largest absolute Gasteiger partial charge is 0.454 e. The highest BCUT2D eigenvalue weighted by Crippen LogP contribution is 2.37. The first kappa shape index (κ1) is 33.3. The molecule has 1 heterocycles. The van der Waals surface area contributed by atoms with Gasteiger partial charge in [0.05, 0.1) is 12.5 Å². The van der Waals surface area contributed by atoms with Crippen LogP contribution in [0.2, 0.25) is 18.1 Å². The second-order valence-electron chi connectivity index (χ2n) is 10.9. The molecule has 0 fully saturated rings. The summed E-state index contributed by atoms with van der Waals surface area (Å²) in [5.74, 6) is -1.89. The Morgan fingerprint density at radius 3 is 2.19 bits per heavy atom. The molecule has 0 aromatic carbocycles. The number of carbonyl (C=O) groups excluding carboxylic acids is 3. The predicted molar refractivity (Wildman–Crippen MR) is 141 cm³/mol. The summed E-state index contributed by atoms with van der Waals surface area (Å²) >= 11 is 0. The molecule has 0 N–H and O–H groups in total. The van der Waals surface area contributed by atoms with Crippen LogP contribution in [0.25, 0.3) is 0 Å². The predicted octanol–water partition coefficient (Wildman–Crippen LogP) is 7.36. The lowest BCUT2D eigenvalue weighted by Crippen LogP contribution is -2.50. The molecule has 1 aliphatic heterocycles. The van der Waals surface area contributed by atoms with Crippen LogP contribution in [0, 0.1) is 17.3 Å². The molecule has 9 heteroatoms. The van der Waals surface area contributed by atoms with Gasteiger partial charge in [0.15, 0.2) is 20.2 Å². The second-order valence-corrected chi connectivity index (χ2v) is 15.7. The van der Waals surface area contributed by atoms with Crippen LogP contribution in [-0.4, -0.2) is 44.2 Å². The van der Waals surface area contributed by atoms with Crippen LogP contribution in [0.1, 0.15) is 81.1 Å². The van der Waals surface area contributed by atoms with Crippen molar-refractivity contribution in [3.05, 3.63) is 23.8 Å². The van der Waals surface area contributed by atoms with Crippen LogP contribution < -0.4 is 0 Å². The van der Waals surface area contributed by atoms with Gasteiger partial charge in [0.1, 0.15) is 5.78 Å². The lowest BCUT2D eigenvalue weighted by Gasteiger charge is -2.41. The molecule has 0 saturated heterocycles. The standard InChI is InChI=1S/C28H45F3O5Si/c1-9-37(10-2,11-3)36-24-18-25(33)35-23(21(6)32)16-15-22(28(29,30)31)14-12-13-19(4)17-20(5)26(34)27(24,7)8/h12-13,15,19-20,23-24H,9-11,14,16-18H2,1-8H3/b13-12+,22-15+/t19?,20?,23?,24-/m0/s1. The minimum absolute atomic E-state index is 0.0668. The summed E-state index contributed by atoms with van der Waals surface area (Å²) in [4.78, 5) is 38.9. The number of allylic oxidation sites excluding steroid dienone is 3. The maximum Gasteiger partial charge on any atom is 0.412 e. The van der Waals surface area contributed by atoms with Gasteiger partial charge in [-0.25, -0.2) is 0 Å². The van der Waals surface area contributed by atoms with Crippen LogP contribution in [0.4, 0.5) is 13.2 Å². The minimum atomic E-state index is -4.58. The molecule has 0 bridgehead atoms. The quantitative estimate of drug-likeness (QED) is 0.198. The van der Waals surface area contributed by atoms with Crippen molar-refractivity contribution in [2.24, 2.45) is 17.3 Å². The van der Waals surface area contributed by atoms with Crippen molar-refractivity contribution in [3.63, 3.8) is 0 Å². The van der Waals surface area contributed by atoms with Gasteiger partial charge in [-0.1, -0.05) is 66.7 Å². The van der Waals surface area contributed by atoms with Crippen molar-refractivity contribution in [1.82, 2.24) is 0 Å². The van der Waals surface area contributed by atoms with E-state index < -0.39 is 55.4 Å². The van der Waals surface area contributed by atoms with Crippen molar-refractivity contribution in [2.75, 3.05) is 0 Å². The number of hydrogen-bond acceptors (Lipinski definition) is 5. The van der Waals surface area contributed by atoms with Gasteiger partial charge < -0.3 is 9.16 Å². The van der Waals surface area contributed by atoms with Crippen LogP contribution in [0.15, 0.2) is 23.8 Å². The normalized spacial score (nSPS) is 29.2. The summed E-state index contributed by atoms with van der Waals surface area (Å²) in [6.07, 6.45) is -3.14. The van der Waals surface area contributed by atoms with Gasteiger partial charge in [-0.05, 0) is 43.8 Å². The van der Waals surface area contributed by atoms with E-state index in [1.54, 1.807) is 19.9 Å². The van der Waals surface area contributed by atoms with E-state index in [9.17, 15) is 27.6 Å². The fourth-order valence-electron chi connectivity index (χ4n) is 4.93. The molecule has 37 heavy (non-hydrogen) atoms. The molecular formula is C28H45F3O5Si. The molecule has 1 rings (SSSR count). The summed E-state index contributed by atoms with van der Waals surface area (Å²) in [6.45, 7) is 14.6. The van der Waals surface area contributed by atoms with E-state index in [4.69, 9.17) is 9.16 Å². The highest BCUT2D eigenvalue weighted by molar-refractivity contribution is 6.73. The van der Waals surface area contributed by atoms with Gasteiger partial charge in [0, 0.05) is 23.3 Å². The molecule has 5 nitrogen and oxygen atoms in total. The first-order valence-electron chi connectivity index (χ1n) is 13.4. The lowest BCUT2D eigenvalue weighted by atomic mass is 9.74. The molecule has 1 aliphatic rings. The average Bonchev–Trinajstić information content (AvgIpc) is 2.80. The number of ketones is 2. The molecule has 3 unspecified atom stereocenters. The third-order valence-corrected chi connectivity index (χ3v) is 12.4. The Bertz CT molecular complexity index is 850. The van der Waals surface area contributed by atoms with E-state index in [1.807, 2.05) is 13.8 Å². The Labute approximate surface area is 221 Å². The summed E-state index contributed by atoms with van der Waals surface area (Å²) in [5.41, 5.74) is -1.81. The van der Waals surface area contributed by atoms with Crippen molar-refractivity contribution in [2.45, 2.75) is 118 Å². The summed E-state index contributed by atoms with van der Waals surface area (Å²) < 4.78 is 52.9. The third kappa shape index (κ3) is 9.50. The molecule has 4 atom stereocenters. The number of halogens is 3. The van der Waals surface area contributed by atoms with E-state index >= 15 is 0 Å². The number of Topliss-reactive ketones (excluding diaryl/α,β-unsaturated/α-hetero) is 2. The van der Waals surface area contributed by atoms with E-state index in [2.05, 4.69) is 20.8 Å². The Morgan fingerprint density at radius 2 is 1.70 bits per heavy atom. The van der Waals surface area contributed by atoms with Crippen molar-refractivity contribution >= 4 is 25.9 Å². The molecular weight excluding hydrogens is 501 g/mol. The Balaban J connectivity index is 3.53. The van der Waals surface area contributed by atoms with Gasteiger partial charge in [-0.15, -0.1) is 0 Å². The maximum atomic E-state index is 13.7. The monoisotopic (exact) mass is 546 g/mol. The van der Waals surface area contributed by atoms with Gasteiger partial charge in [-0.2, -0.15) is 13.2 Å². The Hall–Kier alpha value is -1.74. The number of esters is 1. The summed E-state index contributed by atoms with van der Waals surface area (Å²) in [7, 11) is -2.25. The van der Waals surface area contributed by atoms with Gasteiger partial charge >= 0.3 is 12.1 Å². The molecule has 0 aliphatic carbocycles. The number of cyclic esters (lactones) is 1. The number of ether oxygens (including phenoxy) is 1. The van der Waals surface area contributed by atoms with E-state index in [1.165, 1.54) is 13.0 Å². The zero-order valence-corrected chi connectivity index (χ0v) is 24.7. The Morgan fingerprint density at radius 1 is 1.14 bits per heavy atom. The number of rotatable bonds is 6. The molecule has 212 valence electrons. The first-order chi connectivity index (χ1) is 17.0. The molecule has 0 aromatic rings. The fraction of sp³-hybridized carbons (Fsp3) is 0.750. The highest BCUT2D eigenvalue weighted by Gasteiger charge is 2.45. The van der Waals surface area contributed by atoms with Crippen molar-refractivity contribution < 1.29 is 36.7 Å². The SMILES string of the molecule is CC[Si](CC)(CC)O[C@H]1CC(=O)OC(C(C)=O)C/C=C(/C(F)(F)F)C/C=C/C(C)CC(C)C(=O)C1(C)C. The molecule has 0 spiro atoms. The maximum absolute atomic E-state index is 13.7. The Kier molecular flexibility index (Phi) is 12.5. The highest BCUT2D eigenvalue weighted by atomic mass is 28.4. The minimum Gasteiger partial charge on any atom is -0.454 e. The number of hydrogen-bond donors (Lipinski definition) is 0. The smallest absolute Gasteiger partial charge is 0.412 e. The molecule has 0 saturated carbocycles. The summed E-state index contributed by atoms with van der Waals surface area (Å²) in [6, 6.07) is 2.44.